The molecular weight excluding hydrogens is 861 g/mol. The van der Waals surface area contributed by atoms with E-state index in [1.807, 2.05) is 0 Å². The molecule has 0 saturated heterocycles. The average Bonchev–Trinajstić information content (AvgIpc) is 3.36. The molecule has 0 heterocycles. The summed E-state index contributed by atoms with van der Waals surface area (Å²) in [5.41, 5.74) is 0. The molecule has 0 rings (SSSR count). The lowest BCUT2D eigenvalue weighted by atomic mass is 10.0. The van der Waals surface area contributed by atoms with E-state index < -0.39 is 6.10 Å². The van der Waals surface area contributed by atoms with Crippen LogP contribution in [0.4, 0.5) is 0 Å². The van der Waals surface area contributed by atoms with E-state index in [9.17, 15) is 9.59 Å². The molecule has 0 aromatic rings. The number of esters is 2. The van der Waals surface area contributed by atoms with Crippen molar-refractivity contribution in [3.8, 4) is 0 Å². The summed E-state index contributed by atoms with van der Waals surface area (Å²) in [6.07, 6.45) is 76.1. The summed E-state index contributed by atoms with van der Waals surface area (Å²) in [5.74, 6) is -0.382. The zero-order valence-electron chi connectivity index (χ0n) is 47.6. The Labute approximate surface area is 438 Å². The van der Waals surface area contributed by atoms with Crippen LogP contribution in [0.5, 0.6) is 0 Å². The molecule has 0 spiro atoms. The molecule has 0 bridgehead atoms. The lowest BCUT2D eigenvalue weighted by Crippen LogP contribution is -2.30. The first-order valence-electron chi connectivity index (χ1n) is 31.5. The van der Waals surface area contributed by atoms with Gasteiger partial charge in [0.05, 0.1) is 6.61 Å². The fourth-order valence-electron chi connectivity index (χ4n) is 9.42. The summed E-state index contributed by atoms with van der Waals surface area (Å²) in [6, 6.07) is 0. The standard InChI is InChI=1S/C65H122O5/c1-4-7-10-13-16-19-22-25-28-31-33-35-37-40-43-46-49-52-55-58-64(66)69-62-63(61-68-60-57-54-51-48-45-42-39-30-27-24-21-18-15-12-9-6-3)70-65(67)59-56-53-50-47-44-41-38-36-34-32-29-26-23-20-17-14-11-8-5-2/h18,21,25,27-28,30,63H,4-17,19-20,22-24,26,29,31-62H2,1-3H3/b21-18-,28-25-,30-27-. The maximum Gasteiger partial charge on any atom is 0.306 e. The summed E-state index contributed by atoms with van der Waals surface area (Å²) < 4.78 is 17.5. The van der Waals surface area contributed by atoms with Crippen LogP contribution in [-0.4, -0.2) is 37.9 Å². The van der Waals surface area contributed by atoms with E-state index in [2.05, 4.69) is 57.2 Å². The van der Waals surface area contributed by atoms with Gasteiger partial charge >= 0.3 is 11.9 Å². The highest BCUT2D eigenvalue weighted by Crippen LogP contribution is 2.17. The Balaban J connectivity index is 4.23. The van der Waals surface area contributed by atoms with Gasteiger partial charge in [0.2, 0.25) is 0 Å². The number of unbranched alkanes of at least 4 members (excludes halogenated alkanes) is 42. The third-order valence-electron chi connectivity index (χ3n) is 14.1. The monoisotopic (exact) mass is 983 g/mol. The van der Waals surface area contributed by atoms with Gasteiger partial charge in [-0.1, -0.05) is 288 Å². The van der Waals surface area contributed by atoms with Crippen LogP contribution in [0.15, 0.2) is 36.5 Å². The van der Waals surface area contributed by atoms with E-state index in [0.29, 0.717) is 19.4 Å². The maximum absolute atomic E-state index is 12.9. The van der Waals surface area contributed by atoms with Crippen LogP contribution >= 0.6 is 0 Å². The number of rotatable bonds is 59. The van der Waals surface area contributed by atoms with Crippen molar-refractivity contribution in [2.24, 2.45) is 0 Å². The zero-order chi connectivity index (χ0) is 50.6. The molecule has 0 saturated carbocycles. The molecule has 0 N–H and O–H groups in total. The largest absolute Gasteiger partial charge is 0.462 e. The summed E-state index contributed by atoms with van der Waals surface area (Å²) >= 11 is 0. The van der Waals surface area contributed by atoms with Crippen LogP contribution in [0.1, 0.15) is 342 Å². The fourth-order valence-corrected chi connectivity index (χ4v) is 9.42. The lowest BCUT2D eigenvalue weighted by molar-refractivity contribution is -0.163. The van der Waals surface area contributed by atoms with Gasteiger partial charge in [-0.25, -0.2) is 0 Å². The normalized spacial score (nSPS) is 12.3. The van der Waals surface area contributed by atoms with E-state index in [1.54, 1.807) is 0 Å². The van der Waals surface area contributed by atoms with Gasteiger partial charge in [-0.2, -0.15) is 0 Å². The van der Waals surface area contributed by atoms with Crippen molar-refractivity contribution < 1.29 is 23.8 Å². The summed E-state index contributed by atoms with van der Waals surface area (Å²) in [5, 5.41) is 0. The van der Waals surface area contributed by atoms with Crippen LogP contribution in [-0.2, 0) is 23.8 Å². The number of hydrogen-bond acceptors (Lipinski definition) is 5. The molecule has 5 nitrogen and oxygen atoms in total. The first-order valence-corrected chi connectivity index (χ1v) is 31.5. The summed E-state index contributed by atoms with van der Waals surface area (Å²) in [6.45, 7) is 7.85. The molecule has 0 fully saturated rings. The first-order chi connectivity index (χ1) is 34.6. The Kier molecular flexibility index (Phi) is 59.8. The van der Waals surface area contributed by atoms with Gasteiger partial charge in [-0.15, -0.1) is 0 Å². The molecule has 1 unspecified atom stereocenters. The van der Waals surface area contributed by atoms with Crippen LogP contribution in [0.2, 0.25) is 0 Å². The molecule has 412 valence electrons. The van der Waals surface area contributed by atoms with Gasteiger partial charge in [0.25, 0.3) is 0 Å². The van der Waals surface area contributed by atoms with Gasteiger partial charge in [0.15, 0.2) is 6.10 Å². The average molecular weight is 984 g/mol. The van der Waals surface area contributed by atoms with Gasteiger partial charge in [0.1, 0.15) is 6.61 Å². The molecule has 70 heavy (non-hydrogen) atoms. The van der Waals surface area contributed by atoms with Crippen LogP contribution in [0.25, 0.3) is 0 Å². The van der Waals surface area contributed by atoms with Gasteiger partial charge in [-0.3, -0.25) is 9.59 Å². The Hall–Kier alpha value is -1.88. The number of carbonyl (C=O) groups excluding carboxylic acids is 2. The van der Waals surface area contributed by atoms with Crippen LogP contribution in [0.3, 0.4) is 0 Å². The molecule has 0 amide bonds. The van der Waals surface area contributed by atoms with Crippen molar-refractivity contribution in [1.82, 2.24) is 0 Å². The van der Waals surface area contributed by atoms with E-state index in [0.717, 1.165) is 44.9 Å². The van der Waals surface area contributed by atoms with Crippen molar-refractivity contribution in [1.29, 1.82) is 0 Å². The molecule has 0 aliphatic heterocycles. The second kappa shape index (κ2) is 61.4. The van der Waals surface area contributed by atoms with Crippen molar-refractivity contribution in [3.05, 3.63) is 36.5 Å². The molecule has 0 aromatic heterocycles. The van der Waals surface area contributed by atoms with Crippen molar-refractivity contribution in [3.63, 3.8) is 0 Å². The third-order valence-corrected chi connectivity index (χ3v) is 14.1. The maximum atomic E-state index is 12.9. The minimum Gasteiger partial charge on any atom is -0.462 e. The second-order valence-electron chi connectivity index (χ2n) is 21.3. The van der Waals surface area contributed by atoms with Crippen molar-refractivity contribution >= 4 is 11.9 Å². The third kappa shape index (κ3) is 58.7. The highest BCUT2D eigenvalue weighted by molar-refractivity contribution is 5.70. The van der Waals surface area contributed by atoms with Crippen LogP contribution in [0, 0.1) is 0 Å². The number of allylic oxidation sites excluding steroid dienone is 6. The smallest absolute Gasteiger partial charge is 0.306 e. The van der Waals surface area contributed by atoms with E-state index in [1.165, 1.54) is 263 Å². The Bertz CT molecular complexity index is 1110. The first kappa shape index (κ1) is 68.1. The molecule has 5 heteroatoms. The minimum absolute atomic E-state index is 0.0857. The van der Waals surface area contributed by atoms with Gasteiger partial charge < -0.3 is 14.2 Å². The predicted octanol–water partition coefficient (Wildman–Crippen LogP) is 21.7. The Morgan fingerprint density at radius 2 is 0.600 bits per heavy atom. The Morgan fingerprint density at radius 3 is 0.986 bits per heavy atom. The zero-order valence-corrected chi connectivity index (χ0v) is 47.6. The molecular formula is C65H122O5. The highest BCUT2D eigenvalue weighted by Gasteiger charge is 2.18. The molecule has 1 atom stereocenters. The predicted molar refractivity (Wildman–Crippen MR) is 307 cm³/mol. The number of hydrogen-bond donors (Lipinski definition) is 0. The van der Waals surface area contributed by atoms with Crippen molar-refractivity contribution in [2.75, 3.05) is 19.8 Å². The molecule has 0 radical (unpaired) electrons. The van der Waals surface area contributed by atoms with Gasteiger partial charge in [-0.05, 0) is 77.0 Å². The van der Waals surface area contributed by atoms with Crippen molar-refractivity contribution in [2.45, 2.75) is 348 Å². The van der Waals surface area contributed by atoms with Crippen LogP contribution < -0.4 is 0 Å². The molecule has 0 aliphatic carbocycles. The second-order valence-corrected chi connectivity index (χ2v) is 21.3. The van der Waals surface area contributed by atoms with E-state index >= 15 is 0 Å². The lowest BCUT2D eigenvalue weighted by Gasteiger charge is -2.18. The number of carbonyl (C=O) groups is 2. The SMILES string of the molecule is CCCCC/C=C\C/C=C\CCCCCCCCOCC(COC(=O)CCCCCCCCCCC/C=C\CCCCCCCC)OC(=O)CCCCCCCCCCCCCCCCCCCCC. The van der Waals surface area contributed by atoms with Gasteiger partial charge in [0, 0.05) is 19.4 Å². The minimum atomic E-state index is -0.539. The fraction of sp³-hybridized carbons (Fsp3) is 0.877. The number of ether oxygens (including phenoxy) is 3. The topological polar surface area (TPSA) is 61.8 Å². The highest BCUT2D eigenvalue weighted by atomic mass is 16.6. The van der Waals surface area contributed by atoms with E-state index in [-0.39, 0.29) is 25.2 Å². The van der Waals surface area contributed by atoms with E-state index in [4.69, 9.17) is 14.2 Å². The summed E-state index contributed by atoms with van der Waals surface area (Å²) in [4.78, 5) is 25.6. The molecule has 0 aliphatic rings. The Morgan fingerprint density at radius 1 is 0.314 bits per heavy atom. The molecule has 0 aromatic carbocycles. The quantitative estimate of drug-likeness (QED) is 0.0345. The summed E-state index contributed by atoms with van der Waals surface area (Å²) in [7, 11) is 0.